The Labute approximate surface area is 104 Å². The third kappa shape index (κ3) is 1.72. The van der Waals surface area contributed by atoms with Crippen molar-refractivity contribution in [1.82, 2.24) is 4.98 Å². The number of carbonyl (C=O) groups excluding carboxylic acids is 1. The summed E-state index contributed by atoms with van der Waals surface area (Å²) in [5, 5.41) is 0. The molecular weight excluding hydrogens is 230 g/mol. The lowest BCUT2D eigenvalue weighted by Gasteiger charge is -1.94. The van der Waals surface area contributed by atoms with Crippen LogP contribution < -0.4 is 0 Å². The van der Waals surface area contributed by atoms with E-state index < -0.39 is 0 Å². The summed E-state index contributed by atoms with van der Waals surface area (Å²) in [6, 6.07) is 7.82. The van der Waals surface area contributed by atoms with Crippen molar-refractivity contribution in [2.24, 2.45) is 0 Å². The number of allylic oxidation sites excluding steroid dienone is 1. The molecule has 0 unspecified atom stereocenters. The highest BCUT2D eigenvalue weighted by Crippen LogP contribution is 2.28. The van der Waals surface area contributed by atoms with Crippen LogP contribution in [0.2, 0.25) is 0 Å². The van der Waals surface area contributed by atoms with Gasteiger partial charge in [-0.1, -0.05) is 24.3 Å². The highest BCUT2D eigenvalue weighted by molar-refractivity contribution is 7.10. The molecule has 0 bridgehead atoms. The maximum Gasteiger partial charge on any atom is 0.189 e. The van der Waals surface area contributed by atoms with E-state index in [9.17, 15) is 4.79 Å². The van der Waals surface area contributed by atoms with Crippen molar-refractivity contribution in [2.45, 2.75) is 13.3 Å². The van der Waals surface area contributed by atoms with Crippen LogP contribution in [0.4, 0.5) is 0 Å². The van der Waals surface area contributed by atoms with E-state index in [-0.39, 0.29) is 5.78 Å². The van der Waals surface area contributed by atoms with Crippen molar-refractivity contribution in [3.63, 3.8) is 0 Å². The summed E-state index contributed by atoms with van der Waals surface area (Å²) < 4.78 is 0. The number of fused-ring (bicyclic) bond motifs is 1. The molecule has 0 amide bonds. The third-order valence-electron chi connectivity index (χ3n) is 3.02. The SMILES string of the molecule is Cc1ncsc1/C=C1\Cc2ccccc2C1=O. The molecule has 1 aromatic carbocycles. The number of nitrogens with zero attached hydrogens (tertiary/aromatic N) is 1. The Balaban J connectivity index is 2.02. The molecule has 1 heterocycles. The maximum absolute atomic E-state index is 12.2. The molecule has 17 heavy (non-hydrogen) atoms. The molecule has 0 N–H and O–H groups in total. The second-order valence-corrected chi connectivity index (χ2v) is 5.02. The van der Waals surface area contributed by atoms with E-state index in [0.29, 0.717) is 0 Å². The van der Waals surface area contributed by atoms with Crippen LogP contribution in [0.5, 0.6) is 0 Å². The van der Waals surface area contributed by atoms with Crippen LogP contribution in [0, 0.1) is 6.92 Å². The van der Waals surface area contributed by atoms with Gasteiger partial charge in [0, 0.05) is 17.6 Å². The molecule has 0 saturated heterocycles. The van der Waals surface area contributed by atoms with Crippen molar-refractivity contribution in [3.05, 3.63) is 57.0 Å². The molecular formula is C14H11NOS. The van der Waals surface area contributed by atoms with Gasteiger partial charge < -0.3 is 0 Å². The van der Waals surface area contributed by atoms with Crippen LogP contribution in [-0.2, 0) is 6.42 Å². The van der Waals surface area contributed by atoms with Gasteiger partial charge in [0.05, 0.1) is 16.1 Å². The van der Waals surface area contributed by atoms with E-state index in [1.165, 1.54) is 0 Å². The first kappa shape index (κ1) is 10.4. The topological polar surface area (TPSA) is 30.0 Å². The molecule has 0 spiro atoms. The zero-order chi connectivity index (χ0) is 11.8. The van der Waals surface area contributed by atoms with Gasteiger partial charge in [-0.3, -0.25) is 4.79 Å². The zero-order valence-electron chi connectivity index (χ0n) is 9.43. The number of Topliss-reactive ketones (excluding diaryl/α,β-unsaturated/α-hetero) is 1. The Morgan fingerprint density at radius 3 is 2.88 bits per heavy atom. The van der Waals surface area contributed by atoms with Crippen LogP contribution in [0.15, 0.2) is 35.3 Å². The average molecular weight is 241 g/mol. The molecule has 1 aromatic heterocycles. The lowest BCUT2D eigenvalue weighted by molar-refractivity contribution is 0.104. The Morgan fingerprint density at radius 1 is 1.35 bits per heavy atom. The van der Waals surface area contributed by atoms with Gasteiger partial charge in [-0.15, -0.1) is 11.3 Å². The van der Waals surface area contributed by atoms with Gasteiger partial charge in [0.25, 0.3) is 0 Å². The standard InChI is InChI=1S/C14H11NOS/c1-9-13(17-8-15-9)7-11-6-10-4-2-3-5-12(10)14(11)16/h2-5,7-8H,6H2,1H3/b11-7+. The third-order valence-corrected chi connectivity index (χ3v) is 3.90. The van der Waals surface area contributed by atoms with Crippen molar-refractivity contribution >= 4 is 23.2 Å². The lowest BCUT2D eigenvalue weighted by Crippen LogP contribution is -1.94. The van der Waals surface area contributed by atoms with Crippen molar-refractivity contribution < 1.29 is 4.79 Å². The predicted molar refractivity (Wildman–Crippen MR) is 69.3 cm³/mol. The van der Waals surface area contributed by atoms with E-state index >= 15 is 0 Å². The van der Waals surface area contributed by atoms with Gasteiger partial charge in [0.1, 0.15) is 0 Å². The quantitative estimate of drug-likeness (QED) is 0.717. The van der Waals surface area contributed by atoms with Gasteiger partial charge in [-0.05, 0) is 18.6 Å². The molecule has 0 aliphatic heterocycles. The number of benzene rings is 1. The number of rotatable bonds is 1. The van der Waals surface area contributed by atoms with Crippen molar-refractivity contribution in [1.29, 1.82) is 0 Å². The monoisotopic (exact) mass is 241 g/mol. The number of ketones is 1. The number of hydrogen-bond donors (Lipinski definition) is 0. The Kier molecular flexibility index (Phi) is 2.41. The van der Waals surface area contributed by atoms with E-state index in [0.717, 1.165) is 33.7 Å². The molecule has 3 heteroatoms. The fourth-order valence-corrected chi connectivity index (χ4v) is 2.84. The maximum atomic E-state index is 12.2. The molecule has 0 radical (unpaired) electrons. The van der Waals surface area contributed by atoms with Gasteiger partial charge in [-0.25, -0.2) is 4.98 Å². The molecule has 2 nitrogen and oxygen atoms in total. The minimum absolute atomic E-state index is 0.161. The van der Waals surface area contributed by atoms with Gasteiger partial charge >= 0.3 is 0 Å². The fourth-order valence-electron chi connectivity index (χ4n) is 2.08. The number of carbonyl (C=O) groups is 1. The molecule has 84 valence electrons. The van der Waals surface area contributed by atoms with E-state index in [4.69, 9.17) is 0 Å². The molecule has 3 rings (SSSR count). The molecule has 0 saturated carbocycles. The highest BCUT2D eigenvalue weighted by atomic mass is 32.1. The summed E-state index contributed by atoms with van der Waals surface area (Å²) in [7, 11) is 0. The summed E-state index contributed by atoms with van der Waals surface area (Å²) in [6.45, 7) is 1.97. The summed E-state index contributed by atoms with van der Waals surface area (Å²) in [4.78, 5) is 17.4. The van der Waals surface area contributed by atoms with Crippen LogP contribution in [0.25, 0.3) is 6.08 Å². The normalized spacial score (nSPS) is 16.5. The Bertz CT molecular complexity index is 625. The molecule has 0 atom stereocenters. The molecule has 0 fully saturated rings. The van der Waals surface area contributed by atoms with Crippen LogP contribution >= 0.6 is 11.3 Å². The lowest BCUT2D eigenvalue weighted by atomic mass is 10.1. The summed E-state index contributed by atoms with van der Waals surface area (Å²) >= 11 is 1.58. The minimum Gasteiger partial charge on any atom is -0.289 e. The zero-order valence-corrected chi connectivity index (χ0v) is 10.3. The van der Waals surface area contributed by atoms with Crippen LogP contribution in [-0.4, -0.2) is 10.8 Å². The number of thiazole rings is 1. The van der Waals surface area contributed by atoms with E-state index in [1.807, 2.05) is 42.8 Å². The number of aryl methyl sites for hydroxylation is 1. The highest BCUT2D eigenvalue weighted by Gasteiger charge is 2.24. The smallest absolute Gasteiger partial charge is 0.189 e. The number of aromatic nitrogens is 1. The Morgan fingerprint density at radius 2 is 2.18 bits per heavy atom. The van der Waals surface area contributed by atoms with Gasteiger partial charge in [0.15, 0.2) is 5.78 Å². The first-order valence-electron chi connectivity index (χ1n) is 5.49. The molecule has 1 aliphatic carbocycles. The summed E-state index contributed by atoms with van der Waals surface area (Å²) in [6.07, 6.45) is 2.72. The van der Waals surface area contributed by atoms with E-state index in [2.05, 4.69) is 4.98 Å². The number of hydrogen-bond acceptors (Lipinski definition) is 3. The first-order valence-corrected chi connectivity index (χ1v) is 6.37. The minimum atomic E-state index is 0.161. The second-order valence-electron chi connectivity index (χ2n) is 4.13. The van der Waals surface area contributed by atoms with Crippen LogP contribution in [0.3, 0.4) is 0 Å². The Hall–Kier alpha value is -1.74. The summed E-state index contributed by atoms with van der Waals surface area (Å²) in [5.74, 6) is 0.161. The average Bonchev–Trinajstić information content (AvgIpc) is 2.87. The largest absolute Gasteiger partial charge is 0.289 e. The molecule has 1 aliphatic rings. The van der Waals surface area contributed by atoms with E-state index in [1.54, 1.807) is 11.3 Å². The van der Waals surface area contributed by atoms with Crippen molar-refractivity contribution in [2.75, 3.05) is 0 Å². The summed E-state index contributed by atoms with van der Waals surface area (Å²) in [5.41, 5.74) is 5.66. The van der Waals surface area contributed by atoms with Crippen molar-refractivity contribution in [3.8, 4) is 0 Å². The van der Waals surface area contributed by atoms with Gasteiger partial charge in [-0.2, -0.15) is 0 Å². The molecule has 2 aromatic rings. The van der Waals surface area contributed by atoms with Gasteiger partial charge in [0.2, 0.25) is 0 Å². The van der Waals surface area contributed by atoms with Crippen LogP contribution in [0.1, 0.15) is 26.5 Å². The fraction of sp³-hybridized carbons (Fsp3) is 0.143. The predicted octanol–water partition coefficient (Wildman–Crippen LogP) is 3.27. The first-order chi connectivity index (χ1) is 8.25. The second kappa shape index (κ2) is 3.93.